The molecule has 1 aliphatic rings. The maximum atomic E-state index is 12.7. The van der Waals surface area contributed by atoms with Crippen molar-refractivity contribution in [3.05, 3.63) is 40.3 Å². The maximum Gasteiger partial charge on any atom is 0.341 e. The van der Waals surface area contributed by atoms with Crippen LogP contribution in [0.3, 0.4) is 0 Å². The molecular weight excluding hydrogens is 358 g/mol. The lowest BCUT2D eigenvalue weighted by Crippen LogP contribution is -2.25. The van der Waals surface area contributed by atoms with Crippen molar-refractivity contribution in [2.24, 2.45) is 5.92 Å². The van der Waals surface area contributed by atoms with Gasteiger partial charge in [0.1, 0.15) is 10.6 Å². The Morgan fingerprint density at radius 2 is 1.89 bits per heavy atom. The summed E-state index contributed by atoms with van der Waals surface area (Å²) in [5.41, 5.74) is 4.63. The zero-order valence-corrected chi connectivity index (χ0v) is 17.1. The largest absolute Gasteiger partial charge is 0.462 e. The Balaban J connectivity index is 1.93. The summed E-state index contributed by atoms with van der Waals surface area (Å²) >= 11 is 1.39. The fourth-order valence-electron chi connectivity index (χ4n) is 3.56. The Morgan fingerprint density at radius 3 is 2.56 bits per heavy atom. The van der Waals surface area contributed by atoms with Gasteiger partial charge in [0.25, 0.3) is 0 Å². The van der Waals surface area contributed by atoms with Crippen LogP contribution in [-0.2, 0) is 9.53 Å². The predicted octanol–water partition coefficient (Wildman–Crippen LogP) is 5.73. The highest BCUT2D eigenvalue weighted by Crippen LogP contribution is 2.37. The molecule has 5 heteroatoms. The summed E-state index contributed by atoms with van der Waals surface area (Å²) < 4.78 is 5.29. The van der Waals surface area contributed by atoms with Crippen molar-refractivity contribution in [3.63, 3.8) is 0 Å². The molecule has 27 heavy (non-hydrogen) atoms. The molecule has 1 heterocycles. The number of aryl methyl sites for hydroxylation is 2. The van der Waals surface area contributed by atoms with Crippen LogP contribution < -0.4 is 5.32 Å². The number of hydrogen-bond acceptors (Lipinski definition) is 4. The molecule has 0 aliphatic heterocycles. The van der Waals surface area contributed by atoms with Crippen molar-refractivity contribution in [1.82, 2.24) is 0 Å². The van der Waals surface area contributed by atoms with E-state index in [1.165, 1.54) is 28.9 Å². The number of anilines is 1. The second kappa shape index (κ2) is 8.70. The normalized spacial score (nSPS) is 14.8. The summed E-state index contributed by atoms with van der Waals surface area (Å²) in [5.74, 6) is -0.319. The molecular formula is C22H27NO3S. The summed E-state index contributed by atoms with van der Waals surface area (Å²) in [5, 5.41) is 5.55. The lowest BCUT2D eigenvalue weighted by molar-refractivity contribution is -0.120. The topological polar surface area (TPSA) is 55.4 Å². The van der Waals surface area contributed by atoms with Crippen LogP contribution in [0.4, 0.5) is 5.00 Å². The maximum absolute atomic E-state index is 12.7. The van der Waals surface area contributed by atoms with Gasteiger partial charge in [0.05, 0.1) is 6.61 Å². The fourth-order valence-corrected chi connectivity index (χ4v) is 4.52. The van der Waals surface area contributed by atoms with Gasteiger partial charge in [-0.15, -0.1) is 11.3 Å². The number of ether oxygens (including phenoxy) is 1. The third-order valence-corrected chi connectivity index (χ3v) is 6.20. The average molecular weight is 386 g/mol. The first-order chi connectivity index (χ1) is 13.0. The molecule has 0 bridgehead atoms. The second-order valence-electron chi connectivity index (χ2n) is 7.20. The van der Waals surface area contributed by atoms with Crippen LogP contribution in [0.2, 0.25) is 0 Å². The third kappa shape index (κ3) is 4.41. The van der Waals surface area contributed by atoms with Crippen LogP contribution in [0.25, 0.3) is 11.1 Å². The summed E-state index contributed by atoms with van der Waals surface area (Å²) in [6.45, 7) is 6.22. The monoisotopic (exact) mass is 385 g/mol. The zero-order valence-electron chi connectivity index (χ0n) is 16.3. The lowest BCUT2D eigenvalue weighted by atomic mass is 9.88. The zero-order chi connectivity index (χ0) is 19.4. The SMILES string of the molecule is CCOC(=O)c1c(-c2ccc(C)c(C)c2)csc1NC(=O)C1CCCCC1. The average Bonchev–Trinajstić information content (AvgIpc) is 3.08. The quantitative estimate of drug-likeness (QED) is 0.669. The molecule has 1 fully saturated rings. The minimum Gasteiger partial charge on any atom is -0.462 e. The molecule has 0 spiro atoms. The first-order valence-corrected chi connectivity index (χ1v) is 10.6. The van der Waals surface area contributed by atoms with Crippen LogP contribution in [0.5, 0.6) is 0 Å². The van der Waals surface area contributed by atoms with E-state index in [2.05, 4.69) is 31.3 Å². The Morgan fingerprint density at radius 1 is 1.15 bits per heavy atom. The van der Waals surface area contributed by atoms with E-state index >= 15 is 0 Å². The molecule has 1 aromatic carbocycles. The summed E-state index contributed by atoms with van der Waals surface area (Å²) in [7, 11) is 0. The molecule has 0 atom stereocenters. The van der Waals surface area contributed by atoms with Gasteiger partial charge in [-0.2, -0.15) is 0 Å². The van der Waals surface area contributed by atoms with Gasteiger partial charge in [0.15, 0.2) is 0 Å². The number of amides is 1. The number of esters is 1. The Labute approximate surface area is 164 Å². The highest BCUT2D eigenvalue weighted by atomic mass is 32.1. The molecule has 3 rings (SSSR count). The molecule has 0 saturated heterocycles. The molecule has 144 valence electrons. The number of thiophene rings is 1. The van der Waals surface area contributed by atoms with Gasteiger partial charge in [-0.05, 0) is 50.3 Å². The third-order valence-electron chi connectivity index (χ3n) is 5.30. The van der Waals surface area contributed by atoms with Crippen molar-refractivity contribution in [1.29, 1.82) is 0 Å². The van der Waals surface area contributed by atoms with Gasteiger partial charge < -0.3 is 10.1 Å². The molecule has 1 amide bonds. The Kier molecular flexibility index (Phi) is 6.32. The fraction of sp³-hybridized carbons (Fsp3) is 0.455. The lowest BCUT2D eigenvalue weighted by Gasteiger charge is -2.20. The molecule has 1 N–H and O–H groups in total. The van der Waals surface area contributed by atoms with Gasteiger partial charge in [0.2, 0.25) is 5.91 Å². The van der Waals surface area contributed by atoms with Crippen LogP contribution >= 0.6 is 11.3 Å². The first kappa shape index (κ1) is 19.6. The van der Waals surface area contributed by atoms with Crippen molar-refractivity contribution in [3.8, 4) is 11.1 Å². The minimum absolute atomic E-state index is 0.0220. The highest BCUT2D eigenvalue weighted by Gasteiger charge is 2.26. The van der Waals surface area contributed by atoms with E-state index < -0.39 is 0 Å². The van der Waals surface area contributed by atoms with Gasteiger partial charge in [-0.25, -0.2) is 4.79 Å². The Bertz CT molecular complexity index is 834. The van der Waals surface area contributed by atoms with Gasteiger partial charge >= 0.3 is 5.97 Å². The van der Waals surface area contributed by atoms with Crippen molar-refractivity contribution < 1.29 is 14.3 Å². The van der Waals surface area contributed by atoms with E-state index in [1.54, 1.807) is 6.92 Å². The molecule has 1 aliphatic carbocycles. The number of rotatable bonds is 5. The summed E-state index contributed by atoms with van der Waals surface area (Å²) in [6, 6.07) is 6.14. The molecule has 0 unspecified atom stereocenters. The minimum atomic E-state index is -0.383. The molecule has 4 nitrogen and oxygen atoms in total. The smallest absolute Gasteiger partial charge is 0.341 e. The van der Waals surface area contributed by atoms with E-state index in [0.717, 1.165) is 36.8 Å². The second-order valence-corrected chi connectivity index (χ2v) is 8.08. The van der Waals surface area contributed by atoms with Gasteiger partial charge in [0, 0.05) is 16.9 Å². The first-order valence-electron chi connectivity index (χ1n) is 9.68. The summed E-state index contributed by atoms with van der Waals surface area (Å²) in [4.78, 5) is 25.4. The molecule has 1 saturated carbocycles. The van der Waals surface area contributed by atoms with Crippen molar-refractivity contribution in [2.45, 2.75) is 52.9 Å². The summed E-state index contributed by atoms with van der Waals surface area (Å²) in [6.07, 6.45) is 5.25. The predicted molar refractivity (Wildman–Crippen MR) is 110 cm³/mol. The highest BCUT2D eigenvalue weighted by molar-refractivity contribution is 7.15. The number of benzene rings is 1. The number of nitrogens with one attached hydrogen (secondary N) is 1. The number of carbonyl (C=O) groups is 2. The van der Waals surface area contributed by atoms with Crippen molar-refractivity contribution in [2.75, 3.05) is 11.9 Å². The van der Waals surface area contributed by atoms with Crippen LogP contribution in [0.1, 0.15) is 60.5 Å². The van der Waals surface area contributed by atoms with Gasteiger partial charge in [-0.3, -0.25) is 4.79 Å². The van der Waals surface area contributed by atoms with Gasteiger partial charge in [-0.1, -0.05) is 37.5 Å². The molecule has 2 aromatic rings. The van der Waals surface area contributed by atoms with Crippen LogP contribution in [0.15, 0.2) is 23.6 Å². The standard InChI is InChI=1S/C22H27NO3S/c1-4-26-22(25)19-18(17-11-10-14(2)15(3)12-17)13-27-21(19)23-20(24)16-8-6-5-7-9-16/h10-13,16H,4-9H2,1-3H3,(H,23,24). The van der Waals surface area contributed by atoms with E-state index in [-0.39, 0.29) is 17.8 Å². The van der Waals surface area contributed by atoms with E-state index in [9.17, 15) is 9.59 Å². The van der Waals surface area contributed by atoms with E-state index in [4.69, 9.17) is 4.74 Å². The van der Waals surface area contributed by atoms with E-state index in [0.29, 0.717) is 17.2 Å². The van der Waals surface area contributed by atoms with Crippen LogP contribution in [-0.4, -0.2) is 18.5 Å². The molecule has 1 aromatic heterocycles. The number of carbonyl (C=O) groups excluding carboxylic acids is 2. The molecule has 0 radical (unpaired) electrons. The van der Waals surface area contributed by atoms with Crippen LogP contribution in [0, 0.1) is 19.8 Å². The van der Waals surface area contributed by atoms with Crippen molar-refractivity contribution >= 4 is 28.2 Å². The van der Waals surface area contributed by atoms with E-state index in [1.807, 2.05) is 11.4 Å². The number of hydrogen-bond donors (Lipinski definition) is 1. The Hall–Kier alpha value is -2.14.